The Bertz CT molecular complexity index is 342. The van der Waals surface area contributed by atoms with Gasteiger partial charge in [-0.3, -0.25) is 9.59 Å². The predicted octanol–water partition coefficient (Wildman–Crippen LogP) is -0.154. The first-order valence-electron chi connectivity index (χ1n) is 5.78. The first-order valence-corrected chi connectivity index (χ1v) is 5.78. The highest BCUT2D eigenvalue weighted by molar-refractivity contribution is 5.86. The molecule has 0 saturated carbocycles. The van der Waals surface area contributed by atoms with Crippen LogP contribution < -0.4 is 5.32 Å². The standard InChI is InChI=1S/C11H17NO6/c1-6-4-5-18-9(6)10(15)12-7(11(16)17)2-3-8(13)14/h6-7,9H,2-5H2,1H3,(H,12,15)(H,13,14)(H,16,17). The summed E-state index contributed by atoms with van der Waals surface area (Å²) in [5.41, 5.74) is 0. The van der Waals surface area contributed by atoms with Gasteiger partial charge in [0, 0.05) is 13.0 Å². The Kier molecular flexibility index (Phi) is 5.08. The van der Waals surface area contributed by atoms with Gasteiger partial charge in [0.1, 0.15) is 12.1 Å². The van der Waals surface area contributed by atoms with Crippen molar-refractivity contribution in [2.75, 3.05) is 6.61 Å². The summed E-state index contributed by atoms with van der Waals surface area (Å²) in [6.45, 7) is 2.33. The first-order chi connectivity index (χ1) is 8.41. The minimum absolute atomic E-state index is 0.0407. The molecule has 1 fully saturated rings. The summed E-state index contributed by atoms with van der Waals surface area (Å²) in [5.74, 6) is -2.78. The zero-order valence-electron chi connectivity index (χ0n) is 10.1. The third kappa shape index (κ3) is 3.99. The van der Waals surface area contributed by atoms with Crippen LogP contribution in [0, 0.1) is 5.92 Å². The van der Waals surface area contributed by atoms with Gasteiger partial charge in [-0.05, 0) is 18.8 Å². The Morgan fingerprint density at radius 3 is 2.50 bits per heavy atom. The summed E-state index contributed by atoms with van der Waals surface area (Å²) in [5, 5.41) is 19.7. The van der Waals surface area contributed by atoms with E-state index in [4.69, 9.17) is 14.9 Å². The zero-order chi connectivity index (χ0) is 13.7. The SMILES string of the molecule is CC1CCOC1C(=O)NC(CCC(=O)O)C(=O)O. The molecule has 1 heterocycles. The van der Waals surface area contributed by atoms with Crippen molar-refractivity contribution in [3.05, 3.63) is 0 Å². The molecule has 18 heavy (non-hydrogen) atoms. The van der Waals surface area contributed by atoms with Crippen LogP contribution in [-0.4, -0.2) is 46.8 Å². The van der Waals surface area contributed by atoms with Crippen LogP contribution in [0.1, 0.15) is 26.2 Å². The Hall–Kier alpha value is -1.63. The molecular formula is C11H17NO6. The van der Waals surface area contributed by atoms with Gasteiger partial charge in [-0.1, -0.05) is 6.92 Å². The van der Waals surface area contributed by atoms with E-state index in [0.29, 0.717) is 6.61 Å². The lowest BCUT2D eigenvalue weighted by atomic mass is 10.0. The van der Waals surface area contributed by atoms with E-state index in [1.54, 1.807) is 0 Å². The fourth-order valence-electron chi connectivity index (χ4n) is 1.81. The monoisotopic (exact) mass is 259 g/mol. The number of carbonyl (C=O) groups excluding carboxylic acids is 1. The van der Waals surface area contributed by atoms with E-state index in [2.05, 4.69) is 5.32 Å². The van der Waals surface area contributed by atoms with Crippen LogP contribution in [0.4, 0.5) is 0 Å². The highest BCUT2D eigenvalue weighted by atomic mass is 16.5. The van der Waals surface area contributed by atoms with Gasteiger partial charge in [-0.25, -0.2) is 4.79 Å². The van der Waals surface area contributed by atoms with E-state index < -0.39 is 30.0 Å². The average Bonchev–Trinajstić information content (AvgIpc) is 2.69. The van der Waals surface area contributed by atoms with Gasteiger partial charge in [0.05, 0.1) is 0 Å². The molecule has 7 heteroatoms. The van der Waals surface area contributed by atoms with E-state index >= 15 is 0 Å². The number of hydrogen-bond donors (Lipinski definition) is 3. The first kappa shape index (κ1) is 14.4. The summed E-state index contributed by atoms with van der Waals surface area (Å²) < 4.78 is 5.21. The molecule has 1 rings (SSSR count). The molecule has 1 saturated heterocycles. The number of nitrogens with one attached hydrogen (secondary N) is 1. The highest BCUT2D eigenvalue weighted by Gasteiger charge is 2.33. The van der Waals surface area contributed by atoms with Crippen molar-refractivity contribution in [3.63, 3.8) is 0 Å². The third-order valence-corrected chi connectivity index (χ3v) is 2.91. The Balaban J connectivity index is 2.52. The lowest BCUT2D eigenvalue weighted by Crippen LogP contribution is -2.46. The van der Waals surface area contributed by atoms with Gasteiger partial charge in [-0.2, -0.15) is 0 Å². The third-order valence-electron chi connectivity index (χ3n) is 2.91. The molecule has 3 atom stereocenters. The molecule has 0 bridgehead atoms. The lowest BCUT2D eigenvalue weighted by molar-refractivity contribution is -0.145. The summed E-state index contributed by atoms with van der Waals surface area (Å²) in [7, 11) is 0. The fourth-order valence-corrected chi connectivity index (χ4v) is 1.81. The van der Waals surface area contributed by atoms with Crippen molar-refractivity contribution in [2.45, 2.75) is 38.3 Å². The number of carboxylic acids is 2. The van der Waals surface area contributed by atoms with Crippen LogP contribution in [-0.2, 0) is 19.1 Å². The lowest BCUT2D eigenvalue weighted by Gasteiger charge is -2.18. The van der Waals surface area contributed by atoms with Gasteiger partial charge in [0.15, 0.2) is 0 Å². The summed E-state index contributed by atoms with van der Waals surface area (Å²) in [4.78, 5) is 33.1. The number of carbonyl (C=O) groups is 3. The second kappa shape index (κ2) is 6.34. The molecule has 1 amide bonds. The van der Waals surface area contributed by atoms with Crippen molar-refractivity contribution in [2.24, 2.45) is 5.92 Å². The quantitative estimate of drug-likeness (QED) is 0.611. The number of hydrogen-bond acceptors (Lipinski definition) is 4. The number of carboxylic acid groups (broad SMARTS) is 2. The largest absolute Gasteiger partial charge is 0.481 e. The van der Waals surface area contributed by atoms with Crippen LogP contribution in [0.15, 0.2) is 0 Å². The second-order valence-electron chi connectivity index (χ2n) is 4.39. The minimum Gasteiger partial charge on any atom is -0.481 e. The topological polar surface area (TPSA) is 113 Å². The molecule has 0 spiro atoms. The van der Waals surface area contributed by atoms with Crippen molar-refractivity contribution in [3.8, 4) is 0 Å². The van der Waals surface area contributed by atoms with Crippen LogP contribution >= 0.6 is 0 Å². The molecule has 0 aromatic heterocycles. The number of ether oxygens (including phenoxy) is 1. The van der Waals surface area contributed by atoms with E-state index in [-0.39, 0.29) is 18.8 Å². The van der Waals surface area contributed by atoms with Crippen molar-refractivity contribution < 1.29 is 29.3 Å². The van der Waals surface area contributed by atoms with Gasteiger partial charge in [-0.15, -0.1) is 0 Å². The number of rotatable bonds is 6. The van der Waals surface area contributed by atoms with E-state index in [1.165, 1.54) is 0 Å². The summed E-state index contributed by atoms with van der Waals surface area (Å²) in [6.07, 6.45) is -0.336. The normalized spacial score (nSPS) is 24.5. The molecule has 0 aromatic carbocycles. The Morgan fingerprint density at radius 2 is 2.06 bits per heavy atom. The Morgan fingerprint density at radius 1 is 1.39 bits per heavy atom. The average molecular weight is 259 g/mol. The van der Waals surface area contributed by atoms with Crippen LogP contribution in [0.2, 0.25) is 0 Å². The van der Waals surface area contributed by atoms with Gasteiger partial charge in [0.2, 0.25) is 5.91 Å². The fraction of sp³-hybridized carbons (Fsp3) is 0.727. The van der Waals surface area contributed by atoms with E-state index in [9.17, 15) is 14.4 Å². The molecular weight excluding hydrogens is 242 g/mol. The molecule has 1 aliphatic rings. The van der Waals surface area contributed by atoms with Crippen molar-refractivity contribution >= 4 is 17.8 Å². The van der Waals surface area contributed by atoms with Gasteiger partial charge in [0.25, 0.3) is 0 Å². The number of amides is 1. The van der Waals surface area contributed by atoms with E-state index in [1.807, 2.05) is 6.92 Å². The zero-order valence-corrected chi connectivity index (χ0v) is 10.1. The van der Waals surface area contributed by atoms with Crippen LogP contribution in [0.5, 0.6) is 0 Å². The molecule has 1 aliphatic heterocycles. The van der Waals surface area contributed by atoms with Crippen molar-refractivity contribution in [1.82, 2.24) is 5.32 Å². The number of aliphatic carboxylic acids is 2. The maximum atomic E-state index is 11.8. The maximum absolute atomic E-state index is 11.8. The maximum Gasteiger partial charge on any atom is 0.326 e. The highest BCUT2D eigenvalue weighted by Crippen LogP contribution is 2.20. The van der Waals surface area contributed by atoms with E-state index in [0.717, 1.165) is 6.42 Å². The summed E-state index contributed by atoms with van der Waals surface area (Å²) >= 11 is 0. The Labute approximate surface area is 104 Å². The minimum atomic E-state index is -1.24. The van der Waals surface area contributed by atoms with Crippen LogP contribution in [0.25, 0.3) is 0 Å². The summed E-state index contributed by atoms with van der Waals surface area (Å²) in [6, 6.07) is -1.19. The van der Waals surface area contributed by atoms with Crippen molar-refractivity contribution in [1.29, 1.82) is 0 Å². The van der Waals surface area contributed by atoms with Gasteiger partial charge >= 0.3 is 11.9 Å². The second-order valence-corrected chi connectivity index (χ2v) is 4.39. The molecule has 0 aliphatic carbocycles. The molecule has 3 unspecified atom stereocenters. The van der Waals surface area contributed by atoms with Gasteiger partial charge < -0.3 is 20.3 Å². The molecule has 102 valence electrons. The molecule has 7 nitrogen and oxygen atoms in total. The molecule has 0 aromatic rings. The predicted molar refractivity (Wildman–Crippen MR) is 60.0 cm³/mol. The molecule has 0 radical (unpaired) electrons. The smallest absolute Gasteiger partial charge is 0.326 e. The molecule has 3 N–H and O–H groups in total. The van der Waals surface area contributed by atoms with Crippen LogP contribution in [0.3, 0.4) is 0 Å².